The highest BCUT2D eigenvalue weighted by Crippen LogP contribution is 2.48. The van der Waals surface area contributed by atoms with Gasteiger partial charge < -0.3 is 10.6 Å². The van der Waals surface area contributed by atoms with Crippen molar-refractivity contribution in [3.63, 3.8) is 0 Å². The predicted molar refractivity (Wildman–Crippen MR) is 128 cm³/mol. The highest BCUT2D eigenvalue weighted by atomic mass is 32.1. The molecule has 0 saturated heterocycles. The quantitative estimate of drug-likeness (QED) is 0.324. The van der Waals surface area contributed by atoms with E-state index in [2.05, 4.69) is 70.3 Å². The summed E-state index contributed by atoms with van der Waals surface area (Å²) in [5.41, 5.74) is 5.05. The molecule has 0 amide bonds. The lowest BCUT2D eigenvalue weighted by Gasteiger charge is -2.22. The van der Waals surface area contributed by atoms with Crippen LogP contribution in [0.3, 0.4) is 0 Å². The second-order valence-corrected chi connectivity index (χ2v) is 10.8. The molecule has 0 fully saturated rings. The molecule has 5 rings (SSSR count). The predicted octanol–water partition coefficient (Wildman–Crippen LogP) is 8.82. The smallest absolute Gasteiger partial charge is 0.0532 e. The van der Waals surface area contributed by atoms with Gasteiger partial charge in [0.05, 0.1) is 22.7 Å². The SMILES string of the molecule is CCC1c2sccc2Nc2ccsc2C(CC)c2sccc2Nc2ccsc21. The Labute approximate surface area is 181 Å². The molecule has 0 atom stereocenters. The summed E-state index contributed by atoms with van der Waals surface area (Å²) in [5.74, 6) is 0.825. The zero-order valence-corrected chi connectivity index (χ0v) is 19.1. The Morgan fingerprint density at radius 3 is 1.11 bits per heavy atom. The molecule has 2 nitrogen and oxygen atoms in total. The van der Waals surface area contributed by atoms with E-state index in [1.54, 1.807) is 0 Å². The molecule has 2 N–H and O–H groups in total. The first kappa shape index (κ1) is 18.4. The molecule has 0 bridgehead atoms. The fourth-order valence-corrected chi connectivity index (χ4v) is 8.38. The van der Waals surface area contributed by atoms with E-state index in [1.807, 2.05) is 45.3 Å². The van der Waals surface area contributed by atoms with Gasteiger partial charge in [0.25, 0.3) is 0 Å². The summed E-state index contributed by atoms with van der Waals surface area (Å²) < 4.78 is 0. The number of nitrogens with one attached hydrogen (secondary N) is 2. The Bertz CT molecular complexity index is 917. The third kappa shape index (κ3) is 3.03. The maximum atomic E-state index is 3.80. The van der Waals surface area contributed by atoms with Crippen LogP contribution in [-0.4, -0.2) is 0 Å². The van der Waals surface area contributed by atoms with Crippen LogP contribution in [0.4, 0.5) is 22.7 Å². The topological polar surface area (TPSA) is 24.1 Å². The maximum absolute atomic E-state index is 3.80. The zero-order chi connectivity index (χ0) is 19.1. The summed E-state index contributed by atoms with van der Waals surface area (Å²) in [6, 6.07) is 8.98. The Morgan fingerprint density at radius 1 is 0.571 bits per heavy atom. The lowest BCUT2D eigenvalue weighted by Crippen LogP contribution is -2.06. The molecule has 5 heterocycles. The number of hydrogen-bond donors (Lipinski definition) is 2. The van der Waals surface area contributed by atoms with Crippen LogP contribution in [0.2, 0.25) is 0 Å². The summed E-state index contributed by atoms with van der Waals surface area (Å²) in [7, 11) is 0. The average molecular weight is 443 g/mol. The maximum Gasteiger partial charge on any atom is 0.0532 e. The first-order valence-electron chi connectivity index (χ1n) is 9.63. The Balaban J connectivity index is 1.73. The van der Waals surface area contributed by atoms with Crippen LogP contribution in [-0.2, 0) is 0 Å². The molecular formula is C22H22N2S4. The van der Waals surface area contributed by atoms with Crippen molar-refractivity contribution in [1.29, 1.82) is 0 Å². The van der Waals surface area contributed by atoms with Crippen molar-refractivity contribution in [2.75, 3.05) is 10.6 Å². The van der Waals surface area contributed by atoms with Gasteiger partial charge in [-0.15, -0.1) is 45.3 Å². The van der Waals surface area contributed by atoms with Gasteiger partial charge in [-0.25, -0.2) is 0 Å². The van der Waals surface area contributed by atoms with Gasteiger partial charge in [-0.3, -0.25) is 0 Å². The van der Waals surface area contributed by atoms with Crippen molar-refractivity contribution < 1.29 is 0 Å². The molecule has 28 heavy (non-hydrogen) atoms. The second kappa shape index (κ2) is 7.67. The molecule has 0 spiro atoms. The van der Waals surface area contributed by atoms with Crippen LogP contribution in [0.15, 0.2) is 45.8 Å². The van der Waals surface area contributed by atoms with E-state index >= 15 is 0 Å². The summed E-state index contributed by atoms with van der Waals surface area (Å²) in [6.07, 6.45) is 2.18. The first-order valence-corrected chi connectivity index (χ1v) is 13.2. The zero-order valence-electron chi connectivity index (χ0n) is 15.8. The summed E-state index contributed by atoms with van der Waals surface area (Å²) in [6.45, 7) is 4.59. The number of anilines is 4. The highest BCUT2D eigenvalue weighted by Gasteiger charge is 2.27. The molecule has 0 aliphatic carbocycles. The van der Waals surface area contributed by atoms with Crippen LogP contribution >= 0.6 is 45.3 Å². The molecule has 0 radical (unpaired) electrons. The van der Waals surface area contributed by atoms with Crippen molar-refractivity contribution >= 4 is 68.1 Å². The van der Waals surface area contributed by atoms with Crippen LogP contribution in [0.25, 0.3) is 0 Å². The van der Waals surface area contributed by atoms with Gasteiger partial charge >= 0.3 is 0 Å². The van der Waals surface area contributed by atoms with Crippen molar-refractivity contribution in [3.05, 3.63) is 65.3 Å². The first-order chi connectivity index (χ1) is 13.8. The number of rotatable bonds is 2. The van der Waals surface area contributed by atoms with E-state index < -0.39 is 0 Å². The highest BCUT2D eigenvalue weighted by molar-refractivity contribution is 7.13. The van der Waals surface area contributed by atoms with Gasteiger partial charge in [-0.05, 0) is 58.6 Å². The Kier molecular flexibility index (Phi) is 5.05. The van der Waals surface area contributed by atoms with E-state index in [0.29, 0.717) is 11.8 Å². The summed E-state index contributed by atoms with van der Waals surface area (Å²) in [4.78, 5) is 5.74. The van der Waals surface area contributed by atoms with Gasteiger partial charge in [0.2, 0.25) is 0 Å². The molecular weight excluding hydrogens is 421 g/mol. The molecule has 6 heteroatoms. The monoisotopic (exact) mass is 442 g/mol. The normalized spacial score (nSPS) is 18.5. The van der Waals surface area contributed by atoms with Gasteiger partial charge in [0.15, 0.2) is 0 Å². The minimum absolute atomic E-state index is 0.413. The summed E-state index contributed by atoms with van der Waals surface area (Å²) >= 11 is 7.47. The van der Waals surface area contributed by atoms with Crippen molar-refractivity contribution in [2.24, 2.45) is 0 Å². The molecule has 144 valence electrons. The van der Waals surface area contributed by atoms with Crippen molar-refractivity contribution in [1.82, 2.24) is 0 Å². The average Bonchev–Trinajstić information content (AvgIpc) is 3.48. The minimum Gasteiger partial charge on any atom is -0.354 e. The molecule has 1 aliphatic heterocycles. The molecule has 1 aliphatic rings. The number of fused-ring (bicyclic) bond motifs is 4. The van der Waals surface area contributed by atoms with Crippen molar-refractivity contribution in [2.45, 2.75) is 38.5 Å². The molecule has 4 aromatic heterocycles. The van der Waals surface area contributed by atoms with E-state index in [-0.39, 0.29) is 0 Å². The van der Waals surface area contributed by atoms with E-state index in [4.69, 9.17) is 0 Å². The van der Waals surface area contributed by atoms with E-state index in [9.17, 15) is 0 Å². The molecule has 0 unspecified atom stereocenters. The van der Waals surface area contributed by atoms with Gasteiger partial charge in [-0.2, -0.15) is 0 Å². The second-order valence-electron chi connectivity index (χ2n) is 6.97. The third-order valence-electron chi connectivity index (χ3n) is 5.40. The Morgan fingerprint density at radius 2 is 0.857 bits per heavy atom. The number of hydrogen-bond acceptors (Lipinski definition) is 6. The molecule has 0 aromatic carbocycles. The fourth-order valence-electron chi connectivity index (χ4n) is 4.05. The lowest BCUT2D eigenvalue weighted by atomic mass is 9.97. The van der Waals surface area contributed by atoms with Crippen LogP contribution in [0, 0.1) is 0 Å². The van der Waals surface area contributed by atoms with Crippen LogP contribution < -0.4 is 10.6 Å². The molecule has 4 aromatic rings. The lowest BCUT2D eigenvalue weighted by molar-refractivity contribution is 0.804. The van der Waals surface area contributed by atoms with E-state index in [0.717, 1.165) is 12.8 Å². The van der Waals surface area contributed by atoms with Crippen molar-refractivity contribution in [3.8, 4) is 0 Å². The fraction of sp³-hybridized carbons (Fsp3) is 0.273. The Hall–Kier alpha value is -1.60. The number of thiophene rings is 4. The third-order valence-corrected chi connectivity index (χ3v) is 9.52. The largest absolute Gasteiger partial charge is 0.354 e. The van der Waals surface area contributed by atoms with Gasteiger partial charge in [0.1, 0.15) is 0 Å². The van der Waals surface area contributed by atoms with Gasteiger partial charge in [-0.1, -0.05) is 13.8 Å². The van der Waals surface area contributed by atoms with E-state index in [1.165, 1.54) is 42.3 Å². The standard InChI is InChI=1S/C22H22N2S4/c1-3-13-19-15(5-9-25-19)23-17-7-11-27-21(17)14(4-2)22-18(8-12-28-22)24-16-6-10-26-20(13)16/h5-14,23-24H,3-4H2,1-2H3. The molecule has 0 saturated carbocycles. The van der Waals surface area contributed by atoms with Crippen LogP contribution in [0.5, 0.6) is 0 Å². The summed E-state index contributed by atoms with van der Waals surface area (Å²) in [5, 5.41) is 16.5. The van der Waals surface area contributed by atoms with Crippen LogP contribution in [0.1, 0.15) is 58.0 Å². The minimum atomic E-state index is 0.413. The van der Waals surface area contributed by atoms with Gasteiger partial charge in [0, 0.05) is 31.3 Å².